The van der Waals surface area contributed by atoms with Crippen molar-refractivity contribution in [2.45, 2.75) is 27.7 Å². The van der Waals surface area contributed by atoms with E-state index in [1.54, 1.807) is 0 Å². The van der Waals surface area contributed by atoms with Gasteiger partial charge in [-0.05, 0) is 17.4 Å². The van der Waals surface area contributed by atoms with Crippen LogP contribution < -0.4 is 5.32 Å². The van der Waals surface area contributed by atoms with Crippen molar-refractivity contribution in [2.24, 2.45) is 11.3 Å². The van der Waals surface area contributed by atoms with E-state index < -0.39 is 33.7 Å². The molecule has 1 aromatic rings. The van der Waals surface area contributed by atoms with E-state index in [0.717, 1.165) is 0 Å². The zero-order valence-corrected chi connectivity index (χ0v) is 12.4. The summed E-state index contributed by atoms with van der Waals surface area (Å²) in [5, 5.41) is 13.0. The van der Waals surface area contributed by atoms with Crippen molar-refractivity contribution < 1.29 is 18.5 Å². The number of nitro groups is 1. The number of benzene rings is 1. The van der Waals surface area contributed by atoms with Crippen LogP contribution in [0.5, 0.6) is 0 Å². The summed E-state index contributed by atoms with van der Waals surface area (Å²) in [5.41, 5.74) is -1.94. The van der Waals surface area contributed by atoms with E-state index >= 15 is 0 Å². The molecule has 1 rings (SSSR count). The molecule has 0 aliphatic heterocycles. The largest absolute Gasteiger partial charge is 0.352 e. The first-order valence-corrected chi connectivity index (χ1v) is 6.46. The van der Waals surface area contributed by atoms with Crippen molar-refractivity contribution in [2.75, 3.05) is 6.54 Å². The van der Waals surface area contributed by atoms with Crippen molar-refractivity contribution in [3.8, 4) is 0 Å². The van der Waals surface area contributed by atoms with Crippen LogP contribution in [-0.2, 0) is 0 Å². The molecule has 0 heterocycles. The number of nitrogens with zero attached hydrogens (tertiary/aromatic N) is 1. The summed E-state index contributed by atoms with van der Waals surface area (Å²) in [6.45, 7) is 8.01. The summed E-state index contributed by atoms with van der Waals surface area (Å²) in [7, 11) is 0. The normalized spacial score (nSPS) is 12.9. The van der Waals surface area contributed by atoms with Crippen LogP contribution in [0, 0.1) is 33.1 Å². The third-order valence-corrected chi connectivity index (χ3v) is 3.54. The molecule has 0 aliphatic carbocycles. The van der Waals surface area contributed by atoms with Gasteiger partial charge in [0.2, 0.25) is 5.82 Å². The first-order chi connectivity index (χ1) is 9.55. The van der Waals surface area contributed by atoms with Crippen LogP contribution in [0.2, 0.25) is 0 Å². The molecule has 21 heavy (non-hydrogen) atoms. The minimum absolute atomic E-state index is 0.0614. The van der Waals surface area contributed by atoms with Gasteiger partial charge in [0.1, 0.15) is 11.4 Å². The molecule has 0 bridgehead atoms. The molecule has 0 aliphatic rings. The van der Waals surface area contributed by atoms with E-state index in [0.29, 0.717) is 12.1 Å². The van der Waals surface area contributed by atoms with E-state index in [-0.39, 0.29) is 17.9 Å². The van der Waals surface area contributed by atoms with Gasteiger partial charge >= 0.3 is 5.69 Å². The number of rotatable bonds is 4. The molecule has 116 valence electrons. The Morgan fingerprint density at radius 1 is 1.38 bits per heavy atom. The maximum atomic E-state index is 13.9. The van der Waals surface area contributed by atoms with E-state index in [9.17, 15) is 23.7 Å². The van der Waals surface area contributed by atoms with Crippen LogP contribution in [0.1, 0.15) is 38.1 Å². The number of carbonyl (C=O) groups is 1. The Morgan fingerprint density at radius 3 is 2.43 bits per heavy atom. The topological polar surface area (TPSA) is 72.2 Å². The second-order valence-electron chi connectivity index (χ2n) is 5.99. The molecule has 0 spiro atoms. The second kappa shape index (κ2) is 6.15. The van der Waals surface area contributed by atoms with Crippen LogP contribution in [-0.4, -0.2) is 17.4 Å². The molecule has 1 amide bonds. The van der Waals surface area contributed by atoms with Crippen LogP contribution in [0.15, 0.2) is 12.1 Å². The maximum Gasteiger partial charge on any atom is 0.305 e. The average Bonchev–Trinajstić information content (AvgIpc) is 2.34. The van der Waals surface area contributed by atoms with Gasteiger partial charge < -0.3 is 5.32 Å². The zero-order valence-electron chi connectivity index (χ0n) is 12.4. The van der Waals surface area contributed by atoms with Gasteiger partial charge in [-0.3, -0.25) is 14.9 Å². The molecule has 0 saturated heterocycles. The molecule has 7 heteroatoms. The molecule has 0 radical (unpaired) electrons. The minimum Gasteiger partial charge on any atom is -0.352 e. The minimum atomic E-state index is -1.46. The number of nitrogens with one attached hydrogen (secondary N) is 1. The SMILES string of the molecule is CC(CNC(=O)c1c(F)ccc([N+](=O)[O-])c1F)C(C)(C)C. The van der Waals surface area contributed by atoms with Crippen molar-refractivity contribution >= 4 is 11.6 Å². The van der Waals surface area contributed by atoms with Crippen molar-refractivity contribution in [1.82, 2.24) is 5.32 Å². The van der Waals surface area contributed by atoms with Gasteiger partial charge in [-0.1, -0.05) is 27.7 Å². The molecule has 1 aromatic carbocycles. The second-order valence-corrected chi connectivity index (χ2v) is 5.99. The number of halogens is 2. The Morgan fingerprint density at radius 2 is 1.95 bits per heavy atom. The summed E-state index contributed by atoms with van der Waals surface area (Å²) >= 11 is 0. The molecule has 0 saturated carbocycles. The van der Waals surface area contributed by atoms with Gasteiger partial charge in [-0.15, -0.1) is 0 Å². The number of hydrogen-bond acceptors (Lipinski definition) is 3. The van der Waals surface area contributed by atoms with Gasteiger partial charge in [0, 0.05) is 12.6 Å². The Balaban J connectivity index is 2.98. The number of carbonyl (C=O) groups excluding carboxylic acids is 1. The molecule has 0 fully saturated rings. The van der Waals surface area contributed by atoms with Gasteiger partial charge in [0.05, 0.1) is 4.92 Å². The predicted molar refractivity (Wildman–Crippen MR) is 74.0 cm³/mol. The van der Waals surface area contributed by atoms with E-state index in [4.69, 9.17) is 0 Å². The highest BCUT2D eigenvalue weighted by Gasteiger charge is 2.27. The summed E-state index contributed by atoms with van der Waals surface area (Å²) in [4.78, 5) is 21.5. The monoisotopic (exact) mass is 300 g/mol. The van der Waals surface area contributed by atoms with Crippen LogP contribution in [0.25, 0.3) is 0 Å². The summed E-state index contributed by atoms with van der Waals surface area (Å²) in [5.74, 6) is -3.52. The Kier molecular flexibility index (Phi) is 4.98. The summed E-state index contributed by atoms with van der Waals surface area (Å²) in [6, 6.07) is 1.41. The smallest absolute Gasteiger partial charge is 0.305 e. The zero-order chi connectivity index (χ0) is 16.4. The Hall–Kier alpha value is -2.05. The third kappa shape index (κ3) is 3.96. The third-order valence-electron chi connectivity index (χ3n) is 3.54. The molecular formula is C14H18F2N2O3. The fourth-order valence-electron chi connectivity index (χ4n) is 1.53. The van der Waals surface area contributed by atoms with Gasteiger partial charge in [0.25, 0.3) is 5.91 Å². The Labute approximate surface area is 121 Å². The lowest BCUT2D eigenvalue weighted by Gasteiger charge is -2.27. The van der Waals surface area contributed by atoms with Gasteiger partial charge in [-0.25, -0.2) is 4.39 Å². The molecule has 1 N–H and O–H groups in total. The van der Waals surface area contributed by atoms with Gasteiger partial charge in [0.15, 0.2) is 0 Å². The van der Waals surface area contributed by atoms with Crippen molar-refractivity contribution in [1.29, 1.82) is 0 Å². The number of amides is 1. The van der Waals surface area contributed by atoms with Crippen LogP contribution in [0.3, 0.4) is 0 Å². The number of hydrogen-bond donors (Lipinski definition) is 1. The fraction of sp³-hybridized carbons (Fsp3) is 0.500. The molecule has 5 nitrogen and oxygen atoms in total. The first-order valence-electron chi connectivity index (χ1n) is 6.46. The quantitative estimate of drug-likeness (QED) is 0.685. The number of nitro benzene ring substituents is 1. The highest BCUT2D eigenvalue weighted by molar-refractivity contribution is 5.95. The fourth-order valence-corrected chi connectivity index (χ4v) is 1.53. The van der Waals surface area contributed by atoms with E-state index in [1.807, 2.05) is 27.7 Å². The first kappa shape index (κ1) is 17.0. The van der Waals surface area contributed by atoms with Crippen LogP contribution >= 0.6 is 0 Å². The lowest BCUT2D eigenvalue weighted by Crippen LogP contribution is -2.34. The van der Waals surface area contributed by atoms with Gasteiger partial charge in [-0.2, -0.15) is 4.39 Å². The predicted octanol–water partition coefficient (Wildman–Crippen LogP) is 3.29. The molecular weight excluding hydrogens is 282 g/mol. The van der Waals surface area contributed by atoms with Crippen molar-refractivity contribution in [3.63, 3.8) is 0 Å². The molecule has 0 aromatic heterocycles. The summed E-state index contributed by atoms with van der Waals surface area (Å²) in [6.07, 6.45) is 0. The van der Waals surface area contributed by atoms with Crippen molar-refractivity contribution in [3.05, 3.63) is 39.4 Å². The summed E-state index contributed by atoms with van der Waals surface area (Å²) < 4.78 is 27.4. The Bertz CT molecular complexity index is 568. The lowest BCUT2D eigenvalue weighted by molar-refractivity contribution is -0.387. The highest BCUT2D eigenvalue weighted by Crippen LogP contribution is 2.25. The maximum absolute atomic E-state index is 13.9. The molecule has 1 unspecified atom stereocenters. The van der Waals surface area contributed by atoms with E-state index in [2.05, 4.69) is 5.32 Å². The van der Waals surface area contributed by atoms with Crippen LogP contribution in [0.4, 0.5) is 14.5 Å². The molecule has 1 atom stereocenters. The standard InChI is InChI=1S/C14H18F2N2O3/c1-8(14(2,3)4)7-17-13(19)11-9(15)5-6-10(12(11)16)18(20)21/h5-6,8H,7H2,1-4H3,(H,17,19). The average molecular weight is 300 g/mol. The van der Waals surface area contributed by atoms with E-state index in [1.165, 1.54) is 0 Å². The highest BCUT2D eigenvalue weighted by atomic mass is 19.1. The lowest BCUT2D eigenvalue weighted by atomic mass is 9.82.